The molecule has 4 aromatic carbocycles. The molecule has 0 aromatic heterocycles. The number of para-hydroxylation sites is 2. The molecule has 4 N–H and O–H groups in total. The number of aliphatic carboxylic acids is 2. The Hall–Kier alpha value is -5.64. The third-order valence-electron chi connectivity index (χ3n) is 7.31. The van der Waals surface area contributed by atoms with Crippen molar-refractivity contribution in [2.75, 3.05) is 0 Å². The average molecular weight is 595 g/mol. The van der Waals surface area contributed by atoms with E-state index in [0.29, 0.717) is 34.1 Å². The van der Waals surface area contributed by atoms with E-state index in [1.807, 2.05) is 60.7 Å². The van der Waals surface area contributed by atoms with Crippen molar-refractivity contribution >= 4 is 23.8 Å². The molecule has 5 rings (SSSR count). The lowest BCUT2D eigenvalue weighted by Gasteiger charge is -2.47. The van der Waals surface area contributed by atoms with E-state index in [0.717, 1.165) is 0 Å². The molecule has 2 amide bonds. The molecule has 1 saturated carbocycles. The molecule has 10 nitrogen and oxygen atoms in total. The van der Waals surface area contributed by atoms with Crippen LogP contribution in [0, 0.1) is 11.8 Å². The quantitative estimate of drug-likeness (QED) is 0.188. The standard InChI is InChI=1S/C34H30N2O8/c37-27(19-21-11-15-25(16-12-21)43-23-7-3-1-4-8-23)35-31-29(33(39)40)30(34(41)42)32(31)36-28(38)20-22-13-17-26(18-14-22)44-24-9-5-2-6-10-24/h1-18,29-32H,19-20H2,(H,35,37)(H,36,38)(H,39,40)(H,41,42)/t29-,30-,31-,32-/m0/s1. The van der Waals surface area contributed by atoms with Gasteiger partial charge < -0.3 is 30.3 Å². The summed E-state index contributed by atoms with van der Waals surface area (Å²) in [6.45, 7) is 0. The SMILES string of the molecule is O=C(Cc1ccc(Oc2ccccc2)cc1)N[C@@H]1[C@@H](NC(=O)Cc2ccc(Oc3ccccc3)cc2)[C@@H](C(=O)O)[C@@H]1C(=O)O. The minimum atomic E-state index is -1.40. The highest BCUT2D eigenvalue weighted by Gasteiger charge is 2.59. The van der Waals surface area contributed by atoms with Crippen LogP contribution >= 0.6 is 0 Å². The highest BCUT2D eigenvalue weighted by atomic mass is 16.5. The molecule has 4 atom stereocenters. The van der Waals surface area contributed by atoms with Gasteiger partial charge in [-0.1, -0.05) is 60.7 Å². The second-order valence-electron chi connectivity index (χ2n) is 10.4. The van der Waals surface area contributed by atoms with E-state index in [1.165, 1.54) is 0 Å². The molecule has 0 radical (unpaired) electrons. The molecule has 224 valence electrons. The number of carboxylic acids is 2. The van der Waals surface area contributed by atoms with Gasteiger partial charge in [0.25, 0.3) is 0 Å². The Morgan fingerprint density at radius 1 is 0.500 bits per heavy atom. The van der Waals surface area contributed by atoms with Crippen LogP contribution in [-0.4, -0.2) is 46.0 Å². The lowest BCUT2D eigenvalue weighted by Crippen LogP contribution is -2.73. The molecular formula is C34H30N2O8. The Morgan fingerprint density at radius 2 is 0.818 bits per heavy atom. The Labute approximate surface area is 253 Å². The molecule has 4 aromatic rings. The number of carbonyl (C=O) groups is 4. The lowest BCUT2D eigenvalue weighted by atomic mass is 9.64. The van der Waals surface area contributed by atoms with Gasteiger partial charge in [0, 0.05) is 0 Å². The molecule has 44 heavy (non-hydrogen) atoms. The summed E-state index contributed by atoms with van der Waals surface area (Å²) in [6.07, 6.45) is -0.158. The van der Waals surface area contributed by atoms with E-state index >= 15 is 0 Å². The van der Waals surface area contributed by atoms with Gasteiger partial charge in [0.15, 0.2) is 0 Å². The van der Waals surface area contributed by atoms with Gasteiger partial charge in [0.05, 0.1) is 36.8 Å². The Kier molecular flexibility index (Phi) is 9.19. The number of carboxylic acid groups (broad SMARTS) is 2. The molecule has 0 spiro atoms. The predicted octanol–water partition coefficient (Wildman–Crippen LogP) is 4.44. The van der Waals surface area contributed by atoms with Gasteiger partial charge in [0.2, 0.25) is 11.8 Å². The number of benzene rings is 4. The van der Waals surface area contributed by atoms with Crippen LogP contribution < -0.4 is 20.1 Å². The molecule has 1 aliphatic rings. The zero-order chi connectivity index (χ0) is 31.1. The van der Waals surface area contributed by atoms with Crippen molar-refractivity contribution < 1.29 is 38.9 Å². The largest absolute Gasteiger partial charge is 0.481 e. The number of nitrogens with one attached hydrogen (secondary N) is 2. The highest BCUT2D eigenvalue weighted by Crippen LogP contribution is 2.36. The first-order chi connectivity index (χ1) is 21.3. The van der Waals surface area contributed by atoms with E-state index in [2.05, 4.69) is 10.6 Å². The van der Waals surface area contributed by atoms with Crippen molar-refractivity contribution in [2.45, 2.75) is 24.9 Å². The summed E-state index contributed by atoms with van der Waals surface area (Å²) in [5, 5.41) is 24.8. The van der Waals surface area contributed by atoms with Crippen molar-refractivity contribution in [1.82, 2.24) is 10.6 Å². The predicted molar refractivity (Wildman–Crippen MR) is 159 cm³/mol. The van der Waals surface area contributed by atoms with Crippen LogP contribution in [0.25, 0.3) is 0 Å². The maximum atomic E-state index is 12.9. The highest BCUT2D eigenvalue weighted by molar-refractivity contribution is 5.88. The summed E-state index contributed by atoms with van der Waals surface area (Å²) in [6, 6.07) is 29.9. The van der Waals surface area contributed by atoms with E-state index in [1.54, 1.807) is 48.5 Å². The van der Waals surface area contributed by atoms with Crippen LogP contribution in [0.2, 0.25) is 0 Å². The number of rotatable bonds is 12. The van der Waals surface area contributed by atoms with Gasteiger partial charge in [-0.3, -0.25) is 19.2 Å². The third-order valence-corrected chi connectivity index (χ3v) is 7.31. The van der Waals surface area contributed by atoms with Crippen LogP contribution in [0.5, 0.6) is 23.0 Å². The van der Waals surface area contributed by atoms with Gasteiger partial charge >= 0.3 is 11.9 Å². The number of carbonyl (C=O) groups excluding carboxylic acids is 2. The number of hydrogen-bond acceptors (Lipinski definition) is 6. The van der Waals surface area contributed by atoms with Gasteiger partial charge in [-0.2, -0.15) is 0 Å². The second-order valence-corrected chi connectivity index (χ2v) is 10.4. The van der Waals surface area contributed by atoms with Crippen molar-refractivity contribution in [1.29, 1.82) is 0 Å². The van der Waals surface area contributed by atoms with Crippen molar-refractivity contribution in [3.63, 3.8) is 0 Å². The first kappa shape index (κ1) is 29.8. The van der Waals surface area contributed by atoms with E-state index in [4.69, 9.17) is 9.47 Å². The molecular weight excluding hydrogens is 564 g/mol. The summed E-state index contributed by atoms with van der Waals surface area (Å²) in [7, 11) is 0. The molecule has 0 saturated heterocycles. The summed E-state index contributed by atoms with van der Waals surface area (Å²) in [4.78, 5) is 49.8. The molecule has 10 heteroatoms. The zero-order valence-electron chi connectivity index (χ0n) is 23.5. The smallest absolute Gasteiger partial charge is 0.309 e. The number of hydrogen-bond donors (Lipinski definition) is 4. The van der Waals surface area contributed by atoms with Gasteiger partial charge in [-0.25, -0.2) is 0 Å². The van der Waals surface area contributed by atoms with Crippen molar-refractivity contribution in [2.24, 2.45) is 11.8 Å². The Morgan fingerprint density at radius 3 is 1.14 bits per heavy atom. The average Bonchev–Trinajstić information content (AvgIpc) is 3.00. The van der Waals surface area contributed by atoms with Gasteiger partial charge in [0.1, 0.15) is 23.0 Å². The zero-order valence-corrected chi connectivity index (χ0v) is 23.5. The molecule has 1 aliphatic carbocycles. The molecule has 1 fully saturated rings. The molecule has 0 bridgehead atoms. The number of amides is 2. The molecule has 0 unspecified atom stereocenters. The first-order valence-corrected chi connectivity index (χ1v) is 13.9. The Bertz CT molecular complexity index is 1490. The van der Waals surface area contributed by atoms with E-state index < -0.39 is 47.7 Å². The maximum Gasteiger partial charge on any atom is 0.309 e. The summed E-state index contributed by atoms with van der Waals surface area (Å²) < 4.78 is 11.5. The fourth-order valence-corrected chi connectivity index (χ4v) is 5.17. The lowest BCUT2D eigenvalue weighted by molar-refractivity contribution is -0.167. The first-order valence-electron chi connectivity index (χ1n) is 13.9. The van der Waals surface area contributed by atoms with E-state index in [-0.39, 0.29) is 12.8 Å². The van der Waals surface area contributed by atoms with Crippen LogP contribution in [0.3, 0.4) is 0 Å². The van der Waals surface area contributed by atoms with Crippen molar-refractivity contribution in [3.8, 4) is 23.0 Å². The van der Waals surface area contributed by atoms with Crippen LogP contribution in [0.4, 0.5) is 0 Å². The second kappa shape index (κ2) is 13.6. The Balaban J connectivity index is 1.19. The third kappa shape index (κ3) is 7.40. The number of ether oxygens (including phenoxy) is 2. The summed E-state index contributed by atoms with van der Waals surface area (Å²) >= 11 is 0. The fraction of sp³-hybridized carbons (Fsp3) is 0.176. The maximum absolute atomic E-state index is 12.9. The molecule has 0 aliphatic heterocycles. The normalized spacial score (nSPS) is 18.7. The fourth-order valence-electron chi connectivity index (χ4n) is 5.17. The minimum absolute atomic E-state index is 0.0791. The minimum Gasteiger partial charge on any atom is -0.481 e. The summed E-state index contributed by atoms with van der Waals surface area (Å²) in [5.41, 5.74) is 1.29. The van der Waals surface area contributed by atoms with Crippen molar-refractivity contribution in [3.05, 3.63) is 120 Å². The monoisotopic (exact) mass is 594 g/mol. The van der Waals surface area contributed by atoms with Crippen LogP contribution in [0.15, 0.2) is 109 Å². The molecule has 0 heterocycles. The van der Waals surface area contributed by atoms with Crippen LogP contribution in [-0.2, 0) is 32.0 Å². The van der Waals surface area contributed by atoms with Gasteiger partial charge in [-0.15, -0.1) is 0 Å². The van der Waals surface area contributed by atoms with E-state index in [9.17, 15) is 29.4 Å². The van der Waals surface area contributed by atoms with Crippen LogP contribution in [0.1, 0.15) is 11.1 Å². The topological polar surface area (TPSA) is 151 Å². The summed E-state index contributed by atoms with van der Waals surface area (Å²) in [5.74, 6) is -4.07. The van der Waals surface area contributed by atoms with Gasteiger partial charge in [-0.05, 0) is 59.7 Å².